The SMILES string of the molecule is Cc1ccc2nc(C(=O)N3CCO[C@@H](CCc4ccncn4)C3)cn2c1. The highest BCUT2D eigenvalue weighted by atomic mass is 16.5. The molecule has 1 amide bonds. The summed E-state index contributed by atoms with van der Waals surface area (Å²) in [6.07, 6.45) is 8.72. The fourth-order valence-electron chi connectivity index (χ4n) is 3.22. The number of carbonyl (C=O) groups excluding carboxylic acids is 1. The molecule has 4 heterocycles. The molecule has 1 aliphatic heterocycles. The minimum Gasteiger partial charge on any atom is -0.375 e. The van der Waals surface area contributed by atoms with E-state index in [2.05, 4.69) is 15.0 Å². The van der Waals surface area contributed by atoms with Crippen molar-refractivity contribution in [3.63, 3.8) is 0 Å². The minimum absolute atomic E-state index is 0.0157. The van der Waals surface area contributed by atoms with Crippen LogP contribution in [0.25, 0.3) is 5.65 Å². The van der Waals surface area contributed by atoms with Gasteiger partial charge >= 0.3 is 0 Å². The molecule has 1 fully saturated rings. The molecule has 0 unspecified atom stereocenters. The van der Waals surface area contributed by atoms with E-state index in [0.717, 1.165) is 29.7 Å². The lowest BCUT2D eigenvalue weighted by Gasteiger charge is -2.32. The fourth-order valence-corrected chi connectivity index (χ4v) is 3.22. The summed E-state index contributed by atoms with van der Waals surface area (Å²) in [5.74, 6) is -0.0401. The predicted octanol–water partition coefficient (Wildman–Crippen LogP) is 1.91. The summed E-state index contributed by atoms with van der Waals surface area (Å²) >= 11 is 0. The molecule has 0 radical (unpaired) electrons. The summed E-state index contributed by atoms with van der Waals surface area (Å²) in [7, 11) is 0. The second-order valence-corrected chi connectivity index (χ2v) is 6.58. The van der Waals surface area contributed by atoms with Crippen molar-refractivity contribution in [2.45, 2.75) is 25.9 Å². The number of pyridine rings is 1. The maximum atomic E-state index is 12.8. The molecule has 4 rings (SSSR count). The Morgan fingerprint density at radius 2 is 2.23 bits per heavy atom. The van der Waals surface area contributed by atoms with Crippen molar-refractivity contribution in [1.29, 1.82) is 0 Å². The number of nitrogens with zero attached hydrogens (tertiary/aromatic N) is 5. The molecule has 7 heteroatoms. The molecule has 7 nitrogen and oxygen atoms in total. The number of aromatic nitrogens is 4. The molecule has 1 aliphatic rings. The molecule has 0 saturated carbocycles. The number of morpholine rings is 1. The number of fused-ring (bicyclic) bond motifs is 1. The third-order valence-corrected chi connectivity index (χ3v) is 4.61. The number of amides is 1. The van der Waals surface area contributed by atoms with Gasteiger partial charge in [0.05, 0.1) is 12.7 Å². The number of ether oxygens (including phenoxy) is 1. The molecule has 134 valence electrons. The zero-order valence-electron chi connectivity index (χ0n) is 14.7. The van der Waals surface area contributed by atoms with Gasteiger partial charge in [0.2, 0.25) is 0 Å². The molecule has 3 aromatic heterocycles. The van der Waals surface area contributed by atoms with Gasteiger partial charge in [0.25, 0.3) is 5.91 Å². The molecule has 0 N–H and O–H groups in total. The Hall–Kier alpha value is -2.80. The Morgan fingerprint density at radius 3 is 3.08 bits per heavy atom. The summed E-state index contributed by atoms with van der Waals surface area (Å²) in [6, 6.07) is 5.83. The number of aryl methyl sites for hydroxylation is 2. The van der Waals surface area contributed by atoms with Crippen molar-refractivity contribution < 1.29 is 9.53 Å². The fraction of sp³-hybridized carbons (Fsp3) is 0.368. The monoisotopic (exact) mass is 351 g/mol. The maximum Gasteiger partial charge on any atom is 0.274 e. The third kappa shape index (κ3) is 3.57. The lowest BCUT2D eigenvalue weighted by Crippen LogP contribution is -2.45. The molecule has 0 bridgehead atoms. The van der Waals surface area contributed by atoms with Crippen LogP contribution in [0, 0.1) is 6.92 Å². The highest BCUT2D eigenvalue weighted by molar-refractivity contribution is 5.93. The van der Waals surface area contributed by atoms with Crippen LogP contribution < -0.4 is 0 Å². The first-order chi connectivity index (χ1) is 12.7. The number of hydrogen-bond donors (Lipinski definition) is 0. The summed E-state index contributed by atoms with van der Waals surface area (Å²) in [5.41, 5.74) is 3.38. The van der Waals surface area contributed by atoms with Gasteiger partial charge in [-0.3, -0.25) is 4.79 Å². The first-order valence-electron chi connectivity index (χ1n) is 8.80. The number of rotatable bonds is 4. The van der Waals surface area contributed by atoms with Gasteiger partial charge in [-0.1, -0.05) is 6.07 Å². The maximum absolute atomic E-state index is 12.8. The molecular formula is C19H21N5O2. The van der Waals surface area contributed by atoms with Crippen LogP contribution in [0.2, 0.25) is 0 Å². The van der Waals surface area contributed by atoms with Gasteiger partial charge in [-0.2, -0.15) is 0 Å². The Balaban J connectivity index is 1.42. The third-order valence-electron chi connectivity index (χ3n) is 4.61. The van der Waals surface area contributed by atoms with Crippen molar-refractivity contribution in [1.82, 2.24) is 24.3 Å². The van der Waals surface area contributed by atoms with Gasteiger partial charge < -0.3 is 14.0 Å². The van der Waals surface area contributed by atoms with E-state index < -0.39 is 0 Å². The van der Waals surface area contributed by atoms with E-state index in [0.29, 0.717) is 25.4 Å². The quantitative estimate of drug-likeness (QED) is 0.718. The summed E-state index contributed by atoms with van der Waals surface area (Å²) in [5, 5.41) is 0. The van der Waals surface area contributed by atoms with Crippen LogP contribution in [0.5, 0.6) is 0 Å². The first-order valence-corrected chi connectivity index (χ1v) is 8.80. The van der Waals surface area contributed by atoms with Crippen molar-refractivity contribution in [2.24, 2.45) is 0 Å². The van der Waals surface area contributed by atoms with Crippen LogP contribution >= 0.6 is 0 Å². The molecule has 26 heavy (non-hydrogen) atoms. The van der Waals surface area contributed by atoms with E-state index in [9.17, 15) is 4.79 Å². The van der Waals surface area contributed by atoms with Crippen LogP contribution in [0.4, 0.5) is 0 Å². The van der Waals surface area contributed by atoms with Crippen LogP contribution in [0.15, 0.2) is 43.1 Å². The highest BCUT2D eigenvalue weighted by Crippen LogP contribution is 2.15. The minimum atomic E-state index is -0.0401. The Kier molecular flexibility index (Phi) is 4.62. The topological polar surface area (TPSA) is 72.6 Å². The van der Waals surface area contributed by atoms with Crippen LogP contribution in [-0.4, -0.2) is 56.0 Å². The van der Waals surface area contributed by atoms with E-state index >= 15 is 0 Å². The van der Waals surface area contributed by atoms with Crippen LogP contribution in [-0.2, 0) is 11.2 Å². The van der Waals surface area contributed by atoms with E-state index in [4.69, 9.17) is 4.74 Å². The van der Waals surface area contributed by atoms with Crippen LogP contribution in [0.1, 0.15) is 28.2 Å². The van der Waals surface area contributed by atoms with Crippen molar-refractivity contribution in [3.05, 3.63) is 60.1 Å². The molecular weight excluding hydrogens is 330 g/mol. The van der Waals surface area contributed by atoms with Gasteiger partial charge in [0.15, 0.2) is 0 Å². The second-order valence-electron chi connectivity index (χ2n) is 6.58. The summed E-state index contributed by atoms with van der Waals surface area (Å²) in [6.45, 7) is 3.74. The number of carbonyl (C=O) groups is 1. The molecule has 1 saturated heterocycles. The highest BCUT2D eigenvalue weighted by Gasteiger charge is 2.26. The predicted molar refractivity (Wildman–Crippen MR) is 95.9 cm³/mol. The summed E-state index contributed by atoms with van der Waals surface area (Å²) in [4.78, 5) is 27.3. The average molecular weight is 351 g/mol. The smallest absolute Gasteiger partial charge is 0.274 e. The van der Waals surface area contributed by atoms with Gasteiger partial charge in [-0.25, -0.2) is 15.0 Å². The lowest BCUT2D eigenvalue weighted by atomic mass is 10.1. The van der Waals surface area contributed by atoms with Gasteiger partial charge in [0.1, 0.15) is 17.7 Å². The molecule has 0 spiro atoms. The van der Waals surface area contributed by atoms with Gasteiger partial charge in [-0.15, -0.1) is 0 Å². The Morgan fingerprint density at radius 1 is 1.31 bits per heavy atom. The first kappa shape index (κ1) is 16.7. The average Bonchev–Trinajstić information content (AvgIpc) is 3.10. The molecule has 3 aromatic rings. The second kappa shape index (κ2) is 7.21. The zero-order chi connectivity index (χ0) is 17.9. The lowest BCUT2D eigenvalue weighted by molar-refractivity contribution is -0.0248. The van der Waals surface area contributed by atoms with Gasteiger partial charge in [0, 0.05) is 37.4 Å². The molecule has 0 aromatic carbocycles. The Labute approximate surface area is 151 Å². The molecule has 0 aliphatic carbocycles. The van der Waals surface area contributed by atoms with Crippen molar-refractivity contribution in [3.8, 4) is 0 Å². The standard InChI is InChI=1S/C19H21N5O2/c1-14-2-5-18-22-17(12-24(18)10-14)19(25)23-8-9-26-16(11-23)4-3-15-6-7-20-13-21-15/h2,5-7,10,12-13,16H,3-4,8-9,11H2,1H3/t16-/m0/s1. The van der Waals surface area contributed by atoms with Crippen molar-refractivity contribution >= 4 is 11.6 Å². The summed E-state index contributed by atoms with van der Waals surface area (Å²) < 4.78 is 7.73. The van der Waals surface area contributed by atoms with Crippen molar-refractivity contribution in [2.75, 3.05) is 19.7 Å². The van der Waals surface area contributed by atoms with Crippen LogP contribution in [0.3, 0.4) is 0 Å². The zero-order valence-corrected chi connectivity index (χ0v) is 14.7. The van der Waals surface area contributed by atoms with E-state index in [1.807, 2.05) is 40.6 Å². The molecule has 1 atom stereocenters. The Bertz CT molecular complexity index is 909. The van der Waals surface area contributed by atoms with E-state index in [-0.39, 0.29) is 12.0 Å². The normalized spacial score (nSPS) is 17.6. The largest absolute Gasteiger partial charge is 0.375 e. The number of imidazole rings is 1. The van der Waals surface area contributed by atoms with E-state index in [1.54, 1.807) is 18.7 Å². The van der Waals surface area contributed by atoms with Gasteiger partial charge in [-0.05, 0) is 37.5 Å². The van der Waals surface area contributed by atoms with E-state index in [1.165, 1.54) is 0 Å². The number of hydrogen-bond acceptors (Lipinski definition) is 5.